The van der Waals surface area contributed by atoms with Gasteiger partial charge in [0, 0.05) is 22.3 Å². The van der Waals surface area contributed by atoms with Crippen molar-refractivity contribution in [3.63, 3.8) is 0 Å². The van der Waals surface area contributed by atoms with Crippen molar-refractivity contribution in [2.45, 2.75) is 6.10 Å². The van der Waals surface area contributed by atoms with Crippen molar-refractivity contribution in [3.05, 3.63) is 58.3 Å². The molecule has 0 heterocycles. The van der Waals surface area contributed by atoms with E-state index in [0.717, 1.165) is 0 Å². The Morgan fingerprint density at radius 1 is 1.14 bits per heavy atom. The lowest BCUT2D eigenvalue weighted by atomic mass is 10.3. The molecule has 0 radical (unpaired) electrons. The number of nitrogens with one attached hydrogen (secondary N) is 1. The molecule has 3 nitrogen and oxygen atoms in total. The summed E-state index contributed by atoms with van der Waals surface area (Å²) in [4.78, 5) is 0. The summed E-state index contributed by atoms with van der Waals surface area (Å²) in [6.07, 6.45) is -0.758. The largest absolute Gasteiger partial charge is 0.491 e. The highest BCUT2D eigenvalue weighted by molar-refractivity contribution is 6.31. The predicted molar refractivity (Wildman–Crippen MR) is 82.9 cm³/mol. The third-order valence-electron chi connectivity index (χ3n) is 2.64. The lowest BCUT2D eigenvalue weighted by molar-refractivity contribution is 0.117. The lowest BCUT2D eigenvalue weighted by Gasteiger charge is -2.14. The van der Waals surface area contributed by atoms with Gasteiger partial charge in [0.05, 0.1) is 0 Å². The fraction of sp³-hybridized carbons (Fsp3) is 0.200. The summed E-state index contributed by atoms with van der Waals surface area (Å²) in [5, 5.41) is 13.6. The molecule has 0 aliphatic carbocycles. The molecule has 1 atom stereocenters. The quantitative estimate of drug-likeness (QED) is 0.842. The van der Waals surface area contributed by atoms with Gasteiger partial charge in [-0.15, -0.1) is 0 Å². The molecule has 0 aliphatic rings. The lowest BCUT2D eigenvalue weighted by Crippen LogP contribution is -2.26. The van der Waals surface area contributed by atoms with Crippen LogP contribution in [0, 0.1) is 5.82 Å². The molecule has 1 unspecified atom stereocenters. The Hall–Kier alpha value is -1.49. The SMILES string of the molecule is OC(CNc1cc(F)cc(Cl)c1)COc1cccc(Cl)c1. The second kappa shape index (κ2) is 7.50. The first-order valence-electron chi connectivity index (χ1n) is 6.29. The third-order valence-corrected chi connectivity index (χ3v) is 3.10. The molecule has 0 bridgehead atoms. The number of aliphatic hydroxyl groups is 1. The summed E-state index contributed by atoms with van der Waals surface area (Å²) in [7, 11) is 0. The normalized spacial score (nSPS) is 12.0. The maximum Gasteiger partial charge on any atom is 0.126 e. The van der Waals surface area contributed by atoms with Crippen molar-refractivity contribution < 1.29 is 14.2 Å². The standard InChI is InChI=1S/C15H14Cl2FNO2/c16-10-2-1-3-15(6-10)21-9-14(20)8-19-13-5-11(17)4-12(18)7-13/h1-7,14,19-20H,8-9H2. The molecule has 2 rings (SSSR count). The van der Waals surface area contributed by atoms with Crippen molar-refractivity contribution >= 4 is 28.9 Å². The van der Waals surface area contributed by atoms with Crippen LogP contribution >= 0.6 is 23.2 Å². The van der Waals surface area contributed by atoms with Gasteiger partial charge in [0.2, 0.25) is 0 Å². The van der Waals surface area contributed by atoms with Crippen LogP contribution in [0.1, 0.15) is 0 Å². The number of ether oxygens (including phenoxy) is 1. The van der Waals surface area contributed by atoms with E-state index in [1.54, 1.807) is 30.3 Å². The van der Waals surface area contributed by atoms with Gasteiger partial charge in [-0.25, -0.2) is 4.39 Å². The number of hydrogen-bond acceptors (Lipinski definition) is 3. The Balaban J connectivity index is 1.80. The van der Waals surface area contributed by atoms with Gasteiger partial charge < -0.3 is 15.2 Å². The summed E-state index contributed by atoms with van der Waals surface area (Å²) in [5.41, 5.74) is 0.502. The zero-order chi connectivity index (χ0) is 15.2. The molecule has 0 fully saturated rings. The summed E-state index contributed by atoms with van der Waals surface area (Å²) in [5.74, 6) is 0.144. The molecular formula is C15H14Cl2FNO2. The second-order valence-electron chi connectivity index (χ2n) is 4.46. The van der Waals surface area contributed by atoms with Crippen LogP contribution in [0.25, 0.3) is 0 Å². The van der Waals surface area contributed by atoms with Gasteiger partial charge in [-0.2, -0.15) is 0 Å². The highest BCUT2D eigenvalue weighted by Gasteiger charge is 2.06. The Bertz CT molecular complexity index is 590. The Morgan fingerprint density at radius 2 is 1.95 bits per heavy atom. The molecule has 0 spiro atoms. The average molecular weight is 330 g/mol. The van der Waals surface area contributed by atoms with E-state index in [4.69, 9.17) is 27.9 Å². The molecule has 0 aliphatic heterocycles. The minimum Gasteiger partial charge on any atom is -0.491 e. The molecule has 112 valence electrons. The summed E-state index contributed by atoms with van der Waals surface area (Å²) >= 11 is 11.6. The molecule has 0 saturated heterocycles. The molecule has 2 N–H and O–H groups in total. The molecule has 6 heteroatoms. The van der Waals surface area contributed by atoms with E-state index in [1.165, 1.54) is 12.1 Å². The van der Waals surface area contributed by atoms with E-state index < -0.39 is 11.9 Å². The van der Waals surface area contributed by atoms with Crippen LogP contribution in [0.15, 0.2) is 42.5 Å². The van der Waals surface area contributed by atoms with E-state index in [0.29, 0.717) is 21.5 Å². The third kappa shape index (κ3) is 5.42. The highest BCUT2D eigenvalue weighted by atomic mass is 35.5. The Morgan fingerprint density at radius 3 is 2.67 bits per heavy atom. The van der Waals surface area contributed by atoms with E-state index >= 15 is 0 Å². The van der Waals surface area contributed by atoms with Crippen molar-refractivity contribution in [2.75, 3.05) is 18.5 Å². The monoisotopic (exact) mass is 329 g/mol. The van der Waals surface area contributed by atoms with Gasteiger partial charge in [0.25, 0.3) is 0 Å². The summed E-state index contributed by atoms with van der Waals surface area (Å²) < 4.78 is 18.5. The van der Waals surface area contributed by atoms with Gasteiger partial charge in [0.15, 0.2) is 0 Å². The van der Waals surface area contributed by atoms with E-state index in [1.807, 2.05) is 0 Å². The van der Waals surface area contributed by atoms with Gasteiger partial charge in [0.1, 0.15) is 24.3 Å². The van der Waals surface area contributed by atoms with Gasteiger partial charge in [-0.1, -0.05) is 29.3 Å². The number of anilines is 1. The smallest absolute Gasteiger partial charge is 0.126 e. The number of rotatable bonds is 6. The summed E-state index contributed by atoms with van der Waals surface area (Å²) in [6, 6.07) is 11.0. The highest BCUT2D eigenvalue weighted by Crippen LogP contribution is 2.19. The minimum atomic E-state index is -0.758. The van der Waals surface area contributed by atoms with Crippen molar-refractivity contribution in [2.24, 2.45) is 0 Å². The molecule has 2 aromatic carbocycles. The molecule has 21 heavy (non-hydrogen) atoms. The first-order valence-corrected chi connectivity index (χ1v) is 7.05. The number of benzene rings is 2. The van der Waals surface area contributed by atoms with Crippen LogP contribution < -0.4 is 10.1 Å². The zero-order valence-corrected chi connectivity index (χ0v) is 12.5. The zero-order valence-electron chi connectivity index (χ0n) is 11.0. The fourth-order valence-electron chi connectivity index (χ4n) is 1.70. The van der Waals surface area contributed by atoms with E-state index in [9.17, 15) is 9.50 Å². The average Bonchev–Trinajstić information content (AvgIpc) is 2.42. The maximum atomic E-state index is 13.1. The van der Waals surface area contributed by atoms with Gasteiger partial charge in [-0.3, -0.25) is 0 Å². The Labute approximate surface area is 132 Å². The van der Waals surface area contributed by atoms with Crippen LogP contribution in [-0.2, 0) is 0 Å². The van der Waals surface area contributed by atoms with Gasteiger partial charge in [-0.05, 0) is 36.4 Å². The van der Waals surface area contributed by atoms with Crippen LogP contribution in [0.2, 0.25) is 10.0 Å². The van der Waals surface area contributed by atoms with Crippen LogP contribution in [0.3, 0.4) is 0 Å². The topological polar surface area (TPSA) is 41.5 Å². The van der Waals surface area contributed by atoms with Gasteiger partial charge >= 0.3 is 0 Å². The fourth-order valence-corrected chi connectivity index (χ4v) is 2.10. The number of aliphatic hydroxyl groups excluding tert-OH is 1. The van der Waals surface area contributed by atoms with Crippen LogP contribution in [0.5, 0.6) is 5.75 Å². The van der Waals surface area contributed by atoms with E-state index in [-0.39, 0.29) is 13.2 Å². The van der Waals surface area contributed by atoms with E-state index in [2.05, 4.69) is 5.32 Å². The maximum absolute atomic E-state index is 13.1. The predicted octanol–water partition coefficient (Wildman–Crippen LogP) is 3.98. The number of halogens is 3. The van der Waals surface area contributed by atoms with Crippen LogP contribution in [-0.4, -0.2) is 24.4 Å². The van der Waals surface area contributed by atoms with Crippen molar-refractivity contribution in [1.82, 2.24) is 0 Å². The number of hydrogen-bond donors (Lipinski definition) is 2. The molecule has 0 aromatic heterocycles. The molecule has 2 aromatic rings. The first kappa shape index (κ1) is 15.9. The summed E-state index contributed by atoms with van der Waals surface area (Å²) in [6.45, 7) is 0.302. The minimum absolute atomic E-state index is 0.0936. The molecule has 0 saturated carbocycles. The van der Waals surface area contributed by atoms with Crippen molar-refractivity contribution in [1.29, 1.82) is 0 Å². The Kier molecular flexibility index (Phi) is 5.67. The first-order chi connectivity index (χ1) is 10.0. The van der Waals surface area contributed by atoms with Crippen molar-refractivity contribution in [3.8, 4) is 5.75 Å². The van der Waals surface area contributed by atoms with Crippen LogP contribution in [0.4, 0.5) is 10.1 Å². The second-order valence-corrected chi connectivity index (χ2v) is 5.33. The molecule has 0 amide bonds. The molecular weight excluding hydrogens is 316 g/mol.